The molecule has 0 saturated carbocycles. The molecule has 4 amide bonds. The summed E-state index contributed by atoms with van der Waals surface area (Å²) in [4.78, 5) is 39.6. The molecule has 1 aliphatic rings. The van der Waals surface area contributed by atoms with Gasteiger partial charge >= 0.3 is 16.1 Å². The third-order valence-electron chi connectivity index (χ3n) is 6.23. The molecule has 4 rings (SSSR count). The molecule has 0 aromatic heterocycles. The van der Waals surface area contributed by atoms with Gasteiger partial charge in [-0.2, -0.15) is 8.42 Å². The van der Waals surface area contributed by atoms with Gasteiger partial charge in [-0.25, -0.2) is 4.79 Å². The normalized spacial score (nSPS) is 14.4. The number of imide groups is 2. The highest BCUT2D eigenvalue weighted by molar-refractivity contribution is 7.87. The number of barbiturate groups is 1. The first-order valence-corrected chi connectivity index (χ1v) is 16.1. The van der Waals surface area contributed by atoms with Crippen molar-refractivity contribution in [3.8, 4) is 23.0 Å². The molecule has 238 valence electrons. The Morgan fingerprint density at radius 3 is 2.20 bits per heavy atom. The van der Waals surface area contributed by atoms with Gasteiger partial charge in [-0.05, 0) is 86.0 Å². The quantitative estimate of drug-likeness (QED) is 0.131. The van der Waals surface area contributed by atoms with Gasteiger partial charge in [-0.15, -0.1) is 0 Å². The van der Waals surface area contributed by atoms with Crippen molar-refractivity contribution in [2.75, 3.05) is 19.8 Å². The van der Waals surface area contributed by atoms with Crippen LogP contribution in [0.25, 0.3) is 6.08 Å². The van der Waals surface area contributed by atoms with E-state index in [2.05, 4.69) is 5.32 Å². The Morgan fingerprint density at radius 1 is 0.844 bits per heavy atom. The molecule has 14 heteroatoms. The van der Waals surface area contributed by atoms with E-state index < -0.39 is 28.0 Å². The molecular formula is C31H30Cl2N2O9S. The van der Waals surface area contributed by atoms with E-state index in [0.717, 1.165) is 11.3 Å². The molecule has 1 N–H and O–H groups in total. The van der Waals surface area contributed by atoms with Crippen LogP contribution in [0.3, 0.4) is 0 Å². The summed E-state index contributed by atoms with van der Waals surface area (Å²) in [6, 6.07) is 12.2. The highest BCUT2D eigenvalue weighted by atomic mass is 35.5. The molecule has 1 fully saturated rings. The van der Waals surface area contributed by atoms with E-state index in [1.54, 1.807) is 25.1 Å². The SMILES string of the molecule is CCCOc1ccc(CN2C(=O)NC(=O)/C(=C\c3cc(Cl)c(OS(=O)(=O)c4ccc(Cl)cc4)c(OCC)c3)C2=O)cc1OCC. The van der Waals surface area contributed by atoms with E-state index in [0.29, 0.717) is 35.3 Å². The van der Waals surface area contributed by atoms with Crippen LogP contribution >= 0.6 is 23.2 Å². The summed E-state index contributed by atoms with van der Waals surface area (Å²) in [5.74, 6) is -1.13. The summed E-state index contributed by atoms with van der Waals surface area (Å²) in [5, 5.41) is 2.34. The van der Waals surface area contributed by atoms with Crippen LogP contribution in [0, 0.1) is 0 Å². The zero-order chi connectivity index (χ0) is 32.7. The van der Waals surface area contributed by atoms with Crippen LogP contribution in [0.5, 0.6) is 23.0 Å². The highest BCUT2D eigenvalue weighted by Gasteiger charge is 2.36. The Labute approximate surface area is 270 Å². The maximum absolute atomic E-state index is 13.4. The highest BCUT2D eigenvalue weighted by Crippen LogP contribution is 2.39. The zero-order valence-corrected chi connectivity index (χ0v) is 26.9. The van der Waals surface area contributed by atoms with Gasteiger partial charge in [0.1, 0.15) is 10.5 Å². The van der Waals surface area contributed by atoms with E-state index in [1.807, 2.05) is 13.8 Å². The zero-order valence-electron chi connectivity index (χ0n) is 24.6. The second-order valence-corrected chi connectivity index (χ2v) is 11.9. The second kappa shape index (κ2) is 14.7. The molecule has 0 radical (unpaired) electrons. The summed E-state index contributed by atoms with van der Waals surface area (Å²) >= 11 is 12.3. The number of amides is 4. The lowest BCUT2D eigenvalue weighted by Crippen LogP contribution is -2.53. The van der Waals surface area contributed by atoms with Gasteiger partial charge in [0.05, 0.1) is 31.4 Å². The number of nitrogens with zero attached hydrogens (tertiary/aromatic N) is 1. The molecule has 1 aliphatic heterocycles. The van der Waals surface area contributed by atoms with Gasteiger partial charge in [0.25, 0.3) is 11.8 Å². The lowest BCUT2D eigenvalue weighted by atomic mass is 10.1. The monoisotopic (exact) mass is 676 g/mol. The summed E-state index contributed by atoms with van der Waals surface area (Å²) < 4.78 is 48.1. The maximum atomic E-state index is 13.4. The summed E-state index contributed by atoms with van der Waals surface area (Å²) in [7, 11) is -4.33. The average molecular weight is 678 g/mol. The molecule has 1 saturated heterocycles. The molecule has 0 unspecified atom stereocenters. The van der Waals surface area contributed by atoms with Gasteiger partial charge in [-0.1, -0.05) is 36.2 Å². The number of carbonyl (C=O) groups is 3. The van der Waals surface area contributed by atoms with Gasteiger partial charge in [-0.3, -0.25) is 19.8 Å². The minimum Gasteiger partial charge on any atom is -0.490 e. The second-order valence-electron chi connectivity index (χ2n) is 9.53. The minimum absolute atomic E-state index is 0.0557. The Hall–Kier alpha value is -4.26. The van der Waals surface area contributed by atoms with Crippen molar-refractivity contribution in [3.63, 3.8) is 0 Å². The predicted molar refractivity (Wildman–Crippen MR) is 167 cm³/mol. The lowest BCUT2D eigenvalue weighted by molar-refractivity contribution is -0.130. The number of nitrogens with one attached hydrogen (secondary N) is 1. The van der Waals surface area contributed by atoms with Crippen LogP contribution in [0.1, 0.15) is 38.3 Å². The van der Waals surface area contributed by atoms with Crippen molar-refractivity contribution in [1.82, 2.24) is 10.2 Å². The number of carbonyl (C=O) groups excluding carboxylic acids is 3. The maximum Gasteiger partial charge on any atom is 0.339 e. The average Bonchev–Trinajstić information content (AvgIpc) is 2.99. The fourth-order valence-electron chi connectivity index (χ4n) is 4.21. The third kappa shape index (κ3) is 8.07. The molecular weight excluding hydrogens is 647 g/mol. The van der Waals surface area contributed by atoms with Crippen molar-refractivity contribution in [3.05, 3.63) is 81.3 Å². The van der Waals surface area contributed by atoms with E-state index >= 15 is 0 Å². The van der Waals surface area contributed by atoms with Crippen LogP contribution in [0.15, 0.2) is 65.1 Å². The largest absolute Gasteiger partial charge is 0.490 e. The predicted octanol–water partition coefficient (Wildman–Crippen LogP) is 6.01. The number of benzene rings is 3. The molecule has 3 aromatic carbocycles. The number of hydrogen-bond acceptors (Lipinski definition) is 9. The van der Waals surface area contributed by atoms with Crippen molar-refractivity contribution < 1.29 is 41.2 Å². The van der Waals surface area contributed by atoms with Crippen molar-refractivity contribution >= 4 is 57.2 Å². The van der Waals surface area contributed by atoms with E-state index in [1.165, 1.54) is 42.5 Å². The van der Waals surface area contributed by atoms with Crippen LogP contribution in [0.2, 0.25) is 10.0 Å². The van der Waals surface area contributed by atoms with E-state index in [9.17, 15) is 22.8 Å². The summed E-state index contributed by atoms with van der Waals surface area (Å²) in [5.41, 5.74) is 0.414. The smallest absolute Gasteiger partial charge is 0.339 e. The topological polar surface area (TPSA) is 138 Å². The molecule has 3 aromatic rings. The Balaban J connectivity index is 1.64. The Bertz CT molecular complexity index is 1740. The van der Waals surface area contributed by atoms with E-state index in [4.69, 9.17) is 41.6 Å². The van der Waals surface area contributed by atoms with Gasteiger partial charge in [0, 0.05) is 5.02 Å². The third-order valence-corrected chi connectivity index (χ3v) is 8.00. The van der Waals surface area contributed by atoms with Crippen molar-refractivity contribution in [2.24, 2.45) is 0 Å². The first kappa shape index (κ1) is 33.6. The number of urea groups is 1. The van der Waals surface area contributed by atoms with Gasteiger partial charge < -0.3 is 18.4 Å². The summed E-state index contributed by atoms with van der Waals surface area (Å²) in [6.45, 7) is 6.27. The van der Waals surface area contributed by atoms with Gasteiger partial charge in [0.2, 0.25) is 5.75 Å². The van der Waals surface area contributed by atoms with E-state index in [-0.39, 0.29) is 45.7 Å². The molecule has 0 spiro atoms. The minimum atomic E-state index is -4.33. The van der Waals surface area contributed by atoms with Crippen LogP contribution in [0.4, 0.5) is 4.79 Å². The van der Waals surface area contributed by atoms with Crippen LogP contribution in [-0.2, 0) is 26.3 Å². The number of hydrogen-bond donors (Lipinski definition) is 1. The molecule has 0 bridgehead atoms. The molecule has 0 atom stereocenters. The molecule has 1 heterocycles. The van der Waals surface area contributed by atoms with Crippen LogP contribution in [-0.4, -0.2) is 51.0 Å². The number of halogens is 2. The fraction of sp³-hybridized carbons (Fsp3) is 0.258. The summed E-state index contributed by atoms with van der Waals surface area (Å²) in [6.07, 6.45) is 2.02. The van der Waals surface area contributed by atoms with Crippen molar-refractivity contribution in [2.45, 2.75) is 38.6 Å². The first-order valence-electron chi connectivity index (χ1n) is 13.9. The first-order chi connectivity index (χ1) is 21.5. The molecule has 45 heavy (non-hydrogen) atoms. The Kier molecular flexibility index (Phi) is 11.0. The number of rotatable bonds is 13. The standard InChI is InChI=1S/C31H30Cl2N2O9S/c1-4-13-43-25-12-7-19(16-26(25)41-5-2)18-35-30(37)23(29(36)34-31(35)38)14-20-15-24(33)28(27(17-20)42-6-3)44-45(39,40)22-10-8-21(32)9-11-22/h7-12,14-17H,4-6,13,18H2,1-3H3,(H,34,36,38)/b23-14+. The fourth-order valence-corrected chi connectivity index (χ4v) is 5.60. The molecule has 0 aliphatic carbocycles. The van der Waals surface area contributed by atoms with Crippen LogP contribution < -0.4 is 23.7 Å². The molecule has 11 nitrogen and oxygen atoms in total. The van der Waals surface area contributed by atoms with Crippen molar-refractivity contribution in [1.29, 1.82) is 0 Å². The number of ether oxygens (including phenoxy) is 3. The Morgan fingerprint density at radius 2 is 1.53 bits per heavy atom. The van der Waals surface area contributed by atoms with Gasteiger partial charge in [0.15, 0.2) is 17.2 Å². The lowest BCUT2D eigenvalue weighted by Gasteiger charge is -2.26.